The molecule has 0 fully saturated rings. The standard InChI is InChI=1S/C36H30N6O3/c1-20-5-9-26(10-6-20)37-38-28-12-14-31(32(43)19-28)40-41-33-22(3)16-24-8-11-27(18-30(24)36(33)45)39-42-34-29-13-7-21(2)15-25(29)17-23(4)35(34)44/h5-19,43-45H,1-4H3. The number of benzene rings is 6. The maximum atomic E-state index is 11.2. The molecule has 0 atom stereocenters. The molecular weight excluding hydrogens is 564 g/mol. The average Bonchev–Trinajstić information content (AvgIpc) is 3.02. The van der Waals surface area contributed by atoms with Crippen LogP contribution in [0.1, 0.15) is 22.3 Å². The van der Waals surface area contributed by atoms with Gasteiger partial charge in [-0.1, -0.05) is 47.5 Å². The SMILES string of the molecule is Cc1ccc(N=Nc2ccc(N=Nc3c(C)cc4ccc(N=Nc5c(O)c(C)cc6cc(C)ccc56)cc4c3O)c(O)c2)cc1. The van der Waals surface area contributed by atoms with Crippen LogP contribution in [0.4, 0.5) is 34.1 Å². The largest absolute Gasteiger partial charge is 0.506 e. The Morgan fingerprint density at radius 3 is 1.82 bits per heavy atom. The van der Waals surface area contributed by atoms with Gasteiger partial charge in [0.2, 0.25) is 0 Å². The Labute approximate surface area is 259 Å². The number of hydrogen-bond donors (Lipinski definition) is 3. The van der Waals surface area contributed by atoms with Crippen LogP contribution in [0.15, 0.2) is 122 Å². The quantitative estimate of drug-likeness (QED) is 0.165. The molecule has 0 bridgehead atoms. The molecule has 0 saturated carbocycles. The Bertz CT molecular complexity index is 2190. The van der Waals surface area contributed by atoms with Crippen molar-refractivity contribution >= 4 is 55.7 Å². The second-order valence-corrected chi connectivity index (χ2v) is 11.0. The topological polar surface area (TPSA) is 135 Å². The van der Waals surface area contributed by atoms with Gasteiger partial charge in [0, 0.05) is 16.8 Å². The van der Waals surface area contributed by atoms with Crippen LogP contribution >= 0.6 is 0 Å². The number of hydrogen-bond acceptors (Lipinski definition) is 9. The molecule has 9 heteroatoms. The fourth-order valence-corrected chi connectivity index (χ4v) is 5.01. The van der Waals surface area contributed by atoms with Gasteiger partial charge in [0.15, 0.2) is 5.75 Å². The first-order valence-electron chi connectivity index (χ1n) is 14.3. The first-order valence-corrected chi connectivity index (χ1v) is 14.3. The van der Waals surface area contributed by atoms with Crippen molar-refractivity contribution < 1.29 is 15.3 Å². The maximum Gasteiger partial charge on any atom is 0.151 e. The first-order chi connectivity index (χ1) is 21.7. The summed E-state index contributed by atoms with van der Waals surface area (Å²) < 4.78 is 0. The Hall–Kier alpha value is -5.96. The summed E-state index contributed by atoms with van der Waals surface area (Å²) in [6.45, 7) is 7.66. The number of azo groups is 3. The third kappa shape index (κ3) is 6.09. The van der Waals surface area contributed by atoms with Gasteiger partial charge < -0.3 is 15.3 Å². The average molecular weight is 595 g/mol. The van der Waals surface area contributed by atoms with Crippen molar-refractivity contribution in [2.45, 2.75) is 27.7 Å². The Balaban J connectivity index is 1.29. The van der Waals surface area contributed by atoms with Crippen LogP contribution < -0.4 is 0 Å². The van der Waals surface area contributed by atoms with Crippen molar-refractivity contribution in [1.29, 1.82) is 0 Å². The fraction of sp³-hybridized carbons (Fsp3) is 0.111. The summed E-state index contributed by atoms with van der Waals surface area (Å²) in [6.07, 6.45) is 0. The van der Waals surface area contributed by atoms with Gasteiger partial charge in [-0.15, -0.1) is 15.3 Å². The molecule has 9 nitrogen and oxygen atoms in total. The molecule has 0 spiro atoms. The number of rotatable bonds is 6. The minimum Gasteiger partial charge on any atom is -0.506 e. The molecule has 6 rings (SSSR count). The van der Waals surface area contributed by atoms with E-state index in [1.165, 1.54) is 6.07 Å². The molecule has 0 saturated heterocycles. The van der Waals surface area contributed by atoms with E-state index in [2.05, 4.69) is 30.7 Å². The molecule has 0 aliphatic carbocycles. The third-order valence-electron chi connectivity index (χ3n) is 7.49. The highest BCUT2D eigenvalue weighted by atomic mass is 16.3. The van der Waals surface area contributed by atoms with Crippen molar-refractivity contribution in [3.05, 3.63) is 113 Å². The number of phenolic OH excluding ortho intramolecular Hbond substituents is 3. The molecule has 0 aliphatic heterocycles. The number of fused-ring (bicyclic) bond motifs is 2. The molecular formula is C36H30N6O3. The van der Waals surface area contributed by atoms with Gasteiger partial charge in [-0.05, 0) is 98.1 Å². The first kappa shape index (κ1) is 29.1. The molecule has 222 valence electrons. The summed E-state index contributed by atoms with van der Waals surface area (Å²) in [7, 11) is 0. The Morgan fingerprint density at radius 1 is 0.422 bits per heavy atom. The van der Waals surface area contributed by atoms with E-state index < -0.39 is 0 Å². The predicted octanol–water partition coefficient (Wildman–Crippen LogP) is 11.6. The zero-order valence-corrected chi connectivity index (χ0v) is 25.2. The molecule has 0 heterocycles. The van der Waals surface area contributed by atoms with E-state index in [9.17, 15) is 15.3 Å². The van der Waals surface area contributed by atoms with Crippen molar-refractivity contribution in [2.75, 3.05) is 0 Å². The van der Waals surface area contributed by atoms with Gasteiger partial charge in [-0.25, -0.2) is 0 Å². The molecule has 0 unspecified atom stereocenters. The highest BCUT2D eigenvalue weighted by molar-refractivity contribution is 5.97. The summed E-state index contributed by atoms with van der Waals surface area (Å²) in [5, 5.41) is 61.2. The van der Waals surface area contributed by atoms with Gasteiger partial charge in [-0.2, -0.15) is 15.3 Å². The molecule has 6 aromatic carbocycles. The number of aromatic hydroxyl groups is 3. The van der Waals surface area contributed by atoms with Crippen LogP contribution in [-0.2, 0) is 0 Å². The minimum absolute atomic E-state index is 0.0719. The summed E-state index contributed by atoms with van der Waals surface area (Å²) in [4.78, 5) is 0. The van der Waals surface area contributed by atoms with Gasteiger partial charge in [0.1, 0.15) is 28.6 Å². The summed E-state index contributed by atoms with van der Waals surface area (Å²) in [5.41, 5.74) is 6.15. The molecule has 6 aromatic rings. The van der Waals surface area contributed by atoms with E-state index in [4.69, 9.17) is 0 Å². The number of aryl methyl sites for hydroxylation is 4. The third-order valence-corrected chi connectivity index (χ3v) is 7.49. The summed E-state index contributed by atoms with van der Waals surface area (Å²) in [5.74, 6) is -0.127. The fourth-order valence-electron chi connectivity index (χ4n) is 5.01. The van der Waals surface area contributed by atoms with Crippen molar-refractivity contribution in [3.8, 4) is 17.2 Å². The van der Waals surface area contributed by atoms with E-state index in [-0.39, 0.29) is 28.6 Å². The minimum atomic E-state index is -0.123. The molecule has 45 heavy (non-hydrogen) atoms. The lowest BCUT2D eigenvalue weighted by atomic mass is 10.0. The zero-order chi connectivity index (χ0) is 31.7. The van der Waals surface area contributed by atoms with E-state index in [1.807, 2.05) is 88.4 Å². The maximum absolute atomic E-state index is 11.2. The number of phenols is 3. The predicted molar refractivity (Wildman–Crippen MR) is 177 cm³/mol. The number of nitrogens with zero attached hydrogens (tertiary/aromatic N) is 6. The summed E-state index contributed by atoms with van der Waals surface area (Å²) >= 11 is 0. The molecule has 0 radical (unpaired) electrons. The van der Waals surface area contributed by atoms with E-state index in [0.29, 0.717) is 39.3 Å². The van der Waals surface area contributed by atoms with Crippen LogP contribution in [0.2, 0.25) is 0 Å². The smallest absolute Gasteiger partial charge is 0.151 e. The normalized spacial score (nSPS) is 12.0. The Morgan fingerprint density at radius 2 is 1.04 bits per heavy atom. The van der Waals surface area contributed by atoms with Gasteiger partial charge in [0.25, 0.3) is 0 Å². The van der Waals surface area contributed by atoms with Crippen molar-refractivity contribution in [2.24, 2.45) is 30.7 Å². The van der Waals surface area contributed by atoms with Crippen LogP contribution in [0.5, 0.6) is 17.2 Å². The van der Waals surface area contributed by atoms with Crippen LogP contribution in [-0.4, -0.2) is 15.3 Å². The van der Waals surface area contributed by atoms with Gasteiger partial charge in [0.05, 0.1) is 17.1 Å². The highest BCUT2D eigenvalue weighted by Crippen LogP contribution is 2.43. The van der Waals surface area contributed by atoms with Gasteiger partial charge in [-0.3, -0.25) is 0 Å². The van der Waals surface area contributed by atoms with Crippen molar-refractivity contribution in [3.63, 3.8) is 0 Å². The second-order valence-electron chi connectivity index (χ2n) is 11.0. The van der Waals surface area contributed by atoms with Crippen molar-refractivity contribution in [1.82, 2.24) is 0 Å². The molecule has 0 aromatic heterocycles. The van der Waals surface area contributed by atoms with E-state index in [0.717, 1.165) is 27.3 Å². The molecule has 0 amide bonds. The van der Waals surface area contributed by atoms with Crippen LogP contribution in [0.3, 0.4) is 0 Å². The summed E-state index contributed by atoms with van der Waals surface area (Å²) in [6, 6.07) is 27.4. The molecule has 3 N–H and O–H groups in total. The lowest BCUT2D eigenvalue weighted by Gasteiger charge is -2.09. The van der Waals surface area contributed by atoms with Gasteiger partial charge >= 0.3 is 0 Å². The van der Waals surface area contributed by atoms with E-state index >= 15 is 0 Å². The lowest BCUT2D eigenvalue weighted by molar-refractivity contribution is 0.473. The van der Waals surface area contributed by atoms with Crippen LogP contribution in [0.25, 0.3) is 21.5 Å². The highest BCUT2D eigenvalue weighted by Gasteiger charge is 2.13. The zero-order valence-electron chi connectivity index (χ0n) is 25.2. The molecule has 0 aliphatic rings. The van der Waals surface area contributed by atoms with E-state index in [1.54, 1.807) is 24.3 Å². The van der Waals surface area contributed by atoms with Crippen LogP contribution in [0, 0.1) is 27.7 Å². The monoisotopic (exact) mass is 594 g/mol. The lowest BCUT2D eigenvalue weighted by Crippen LogP contribution is -1.82. The Kier molecular flexibility index (Phi) is 7.75. The second kappa shape index (κ2) is 12.0.